The minimum Gasteiger partial charge on any atom is -0.507 e. The van der Waals surface area contributed by atoms with Crippen molar-refractivity contribution < 1.29 is 19.4 Å². The molecular formula is C22H23BrN2O4. The number of hydrogen-bond acceptors (Lipinski definition) is 5. The van der Waals surface area contributed by atoms with E-state index in [0.717, 1.165) is 4.47 Å². The first-order valence-corrected chi connectivity index (χ1v) is 9.95. The summed E-state index contributed by atoms with van der Waals surface area (Å²) in [6.07, 6.45) is 0. The van der Waals surface area contributed by atoms with Gasteiger partial charge in [0, 0.05) is 23.1 Å². The van der Waals surface area contributed by atoms with Gasteiger partial charge in [0.05, 0.1) is 18.7 Å². The summed E-state index contributed by atoms with van der Waals surface area (Å²) in [6, 6.07) is 13.5. The van der Waals surface area contributed by atoms with Gasteiger partial charge in [0.2, 0.25) is 0 Å². The minimum absolute atomic E-state index is 0.0873. The molecule has 0 aliphatic carbocycles. The van der Waals surface area contributed by atoms with Crippen LogP contribution in [0.3, 0.4) is 0 Å². The van der Waals surface area contributed by atoms with Gasteiger partial charge in [-0.3, -0.25) is 9.59 Å². The Morgan fingerprint density at radius 3 is 2.48 bits per heavy atom. The SMILES string of the molecule is COc1cccc(C2/C(=C(\O)c3ccc(Br)cc3)C(=O)C(=O)N2CCN(C)C)c1. The molecule has 1 N–H and O–H groups in total. The van der Waals surface area contributed by atoms with Gasteiger partial charge < -0.3 is 19.6 Å². The Balaban J connectivity index is 2.15. The lowest BCUT2D eigenvalue weighted by atomic mass is 9.95. The molecule has 1 fully saturated rings. The molecule has 1 amide bonds. The number of aliphatic hydroxyl groups is 1. The quantitative estimate of drug-likeness (QED) is 0.407. The number of halogens is 1. The summed E-state index contributed by atoms with van der Waals surface area (Å²) in [5, 5.41) is 11.0. The summed E-state index contributed by atoms with van der Waals surface area (Å²) in [5.74, 6) is -0.865. The van der Waals surface area contributed by atoms with Gasteiger partial charge in [0.1, 0.15) is 11.5 Å². The molecule has 1 unspecified atom stereocenters. The van der Waals surface area contributed by atoms with Crippen molar-refractivity contribution >= 4 is 33.4 Å². The maximum atomic E-state index is 12.9. The predicted octanol–water partition coefficient (Wildman–Crippen LogP) is 3.44. The fourth-order valence-electron chi connectivity index (χ4n) is 3.34. The Morgan fingerprint density at radius 1 is 1.17 bits per heavy atom. The number of aliphatic hydroxyl groups excluding tert-OH is 1. The van der Waals surface area contributed by atoms with Gasteiger partial charge in [-0.15, -0.1) is 0 Å². The molecule has 3 rings (SSSR count). The lowest BCUT2D eigenvalue weighted by Gasteiger charge is -2.26. The molecule has 152 valence electrons. The van der Waals surface area contributed by atoms with E-state index in [-0.39, 0.29) is 11.3 Å². The summed E-state index contributed by atoms with van der Waals surface area (Å²) in [7, 11) is 5.36. The number of ketones is 1. The zero-order chi connectivity index (χ0) is 21.1. The largest absolute Gasteiger partial charge is 0.507 e. The van der Waals surface area contributed by atoms with Crippen LogP contribution in [0.5, 0.6) is 5.75 Å². The maximum Gasteiger partial charge on any atom is 0.295 e. The fourth-order valence-corrected chi connectivity index (χ4v) is 3.60. The summed E-state index contributed by atoms with van der Waals surface area (Å²) in [6.45, 7) is 0.947. The highest BCUT2D eigenvalue weighted by molar-refractivity contribution is 9.10. The lowest BCUT2D eigenvalue weighted by molar-refractivity contribution is -0.140. The highest BCUT2D eigenvalue weighted by Crippen LogP contribution is 2.40. The Labute approximate surface area is 178 Å². The third-order valence-electron chi connectivity index (χ3n) is 4.86. The highest BCUT2D eigenvalue weighted by atomic mass is 79.9. The lowest BCUT2D eigenvalue weighted by Crippen LogP contribution is -2.35. The first-order valence-electron chi connectivity index (χ1n) is 9.16. The van der Waals surface area contributed by atoms with Crippen LogP contribution in [0.2, 0.25) is 0 Å². The van der Waals surface area contributed by atoms with Crippen molar-refractivity contribution in [2.24, 2.45) is 0 Å². The van der Waals surface area contributed by atoms with Crippen molar-refractivity contribution in [3.8, 4) is 5.75 Å². The van der Waals surface area contributed by atoms with Gasteiger partial charge in [0.25, 0.3) is 11.7 Å². The molecule has 7 heteroatoms. The Hall–Kier alpha value is -2.64. The number of rotatable bonds is 6. The first kappa shape index (κ1) is 21.1. The van der Waals surface area contributed by atoms with E-state index < -0.39 is 17.7 Å². The van der Waals surface area contributed by atoms with E-state index in [1.54, 1.807) is 49.6 Å². The minimum atomic E-state index is -0.686. The van der Waals surface area contributed by atoms with Crippen LogP contribution in [-0.4, -0.2) is 60.9 Å². The number of carbonyl (C=O) groups excluding carboxylic acids is 2. The van der Waals surface area contributed by atoms with E-state index in [1.165, 1.54) is 4.90 Å². The average Bonchev–Trinajstić information content (AvgIpc) is 2.97. The van der Waals surface area contributed by atoms with Crippen molar-refractivity contribution in [3.63, 3.8) is 0 Å². The summed E-state index contributed by atoms with van der Waals surface area (Å²) in [4.78, 5) is 29.2. The van der Waals surface area contributed by atoms with Gasteiger partial charge in [-0.1, -0.05) is 40.2 Å². The number of carbonyl (C=O) groups is 2. The monoisotopic (exact) mass is 458 g/mol. The molecule has 0 radical (unpaired) electrons. The molecule has 0 aromatic heterocycles. The van der Waals surface area contributed by atoms with E-state index in [2.05, 4.69) is 15.9 Å². The molecule has 0 bridgehead atoms. The van der Waals surface area contributed by atoms with Gasteiger partial charge in [-0.25, -0.2) is 0 Å². The number of nitrogens with zero attached hydrogens (tertiary/aromatic N) is 2. The Kier molecular flexibility index (Phi) is 6.39. The smallest absolute Gasteiger partial charge is 0.295 e. The number of ether oxygens (including phenoxy) is 1. The fraction of sp³-hybridized carbons (Fsp3) is 0.273. The topological polar surface area (TPSA) is 70.1 Å². The predicted molar refractivity (Wildman–Crippen MR) is 115 cm³/mol. The van der Waals surface area contributed by atoms with Crippen LogP contribution in [0, 0.1) is 0 Å². The number of benzene rings is 2. The second-order valence-electron chi connectivity index (χ2n) is 7.08. The summed E-state index contributed by atoms with van der Waals surface area (Å²) >= 11 is 3.36. The molecule has 1 saturated heterocycles. The molecule has 1 aliphatic heterocycles. The second-order valence-corrected chi connectivity index (χ2v) is 7.99. The normalized spacial score (nSPS) is 18.5. The van der Waals surface area contributed by atoms with Crippen molar-refractivity contribution in [1.29, 1.82) is 0 Å². The van der Waals surface area contributed by atoms with Crippen LogP contribution in [0.15, 0.2) is 58.6 Å². The van der Waals surface area contributed by atoms with Crippen LogP contribution in [-0.2, 0) is 9.59 Å². The molecule has 6 nitrogen and oxygen atoms in total. The standard InChI is InChI=1S/C22H23BrN2O4/c1-24(2)11-12-25-19(15-5-4-6-17(13-15)29-3)18(21(27)22(25)28)20(26)14-7-9-16(23)10-8-14/h4-10,13,19,26H,11-12H2,1-3H3/b20-18+. The van der Waals surface area contributed by atoms with Crippen LogP contribution in [0.25, 0.3) is 5.76 Å². The molecule has 0 saturated carbocycles. The number of likely N-dealkylation sites (N-methyl/N-ethyl adjacent to an activating group) is 1. The van der Waals surface area contributed by atoms with E-state index in [0.29, 0.717) is 30.0 Å². The zero-order valence-electron chi connectivity index (χ0n) is 16.6. The maximum absolute atomic E-state index is 12.9. The highest BCUT2D eigenvalue weighted by Gasteiger charge is 2.45. The third-order valence-corrected chi connectivity index (χ3v) is 5.38. The van der Waals surface area contributed by atoms with Crippen molar-refractivity contribution in [3.05, 3.63) is 69.7 Å². The van der Waals surface area contributed by atoms with E-state index >= 15 is 0 Å². The zero-order valence-corrected chi connectivity index (χ0v) is 18.1. The number of likely N-dealkylation sites (tertiary alicyclic amines) is 1. The molecule has 1 atom stereocenters. The molecule has 0 spiro atoms. The third kappa shape index (κ3) is 4.36. The van der Waals surface area contributed by atoms with E-state index in [1.807, 2.05) is 25.1 Å². The van der Waals surface area contributed by atoms with Crippen molar-refractivity contribution in [1.82, 2.24) is 9.80 Å². The van der Waals surface area contributed by atoms with Crippen molar-refractivity contribution in [2.45, 2.75) is 6.04 Å². The summed E-state index contributed by atoms with van der Waals surface area (Å²) in [5.41, 5.74) is 1.28. The van der Waals surface area contributed by atoms with Gasteiger partial charge in [-0.05, 0) is 43.9 Å². The van der Waals surface area contributed by atoms with Crippen LogP contribution >= 0.6 is 15.9 Å². The Bertz CT molecular complexity index is 954. The first-order chi connectivity index (χ1) is 13.8. The van der Waals surface area contributed by atoms with E-state index in [9.17, 15) is 14.7 Å². The molecule has 1 heterocycles. The van der Waals surface area contributed by atoms with Crippen molar-refractivity contribution in [2.75, 3.05) is 34.3 Å². The Morgan fingerprint density at radius 2 is 1.86 bits per heavy atom. The van der Waals surface area contributed by atoms with Crippen LogP contribution in [0.4, 0.5) is 0 Å². The molecular weight excluding hydrogens is 436 g/mol. The number of hydrogen-bond donors (Lipinski definition) is 1. The number of Topliss-reactive ketones (excluding diaryl/α,β-unsaturated/α-hetero) is 1. The molecule has 29 heavy (non-hydrogen) atoms. The summed E-state index contributed by atoms with van der Waals surface area (Å²) < 4.78 is 6.17. The average molecular weight is 459 g/mol. The van der Waals surface area contributed by atoms with E-state index in [4.69, 9.17) is 4.74 Å². The van der Waals surface area contributed by atoms with Crippen LogP contribution < -0.4 is 4.74 Å². The molecule has 2 aromatic rings. The number of amides is 1. The van der Waals surface area contributed by atoms with Gasteiger partial charge in [0.15, 0.2) is 0 Å². The molecule has 2 aromatic carbocycles. The number of methoxy groups -OCH3 is 1. The van der Waals surface area contributed by atoms with Crippen LogP contribution in [0.1, 0.15) is 17.2 Å². The van der Waals surface area contributed by atoms with Gasteiger partial charge in [-0.2, -0.15) is 0 Å². The van der Waals surface area contributed by atoms with Gasteiger partial charge >= 0.3 is 0 Å². The second kappa shape index (κ2) is 8.80. The molecule has 1 aliphatic rings.